The predicted octanol–water partition coefficient (Wildman–Crippen LogP) is 2.28. The molecule has 0 fully saturated rings. The molecule has 15 heavy (non-hydrogen) atoms. The van der Waals surface area contributed by atoms with Gasteiger partial charge in [-0.1, -0.05) is 12.1 Å². The smallest absolute Gasteiger partial charge is 0.127 e. The number of rotatable bonds is 5. The van der Waals surface area contributed by atoms with E-state index in [1.165, 1.54) is 0 Å². The van der Waals surface area contributed by atoms with E-state index in [-0.39, 0.29) is 6.04 Å². The molecule has 82 valence electrons. The fraction of sp³-hybridized carbons (Fsp3) is 0.333. The Morgan fingerprint density at radius 2 is 2.13 bits per heavy atom. The number of benzene rings is 1. The maximum atomic E-state index is 5.98. The van der Waals surface area contributed by atoms with Crippen LogP contribution >= 0.6 is 0 Å². The van der Waals surface area contributed by atoms with Crippen LogP contribution in [-0.4, -0.2) is 14.2 Å². The van der Waals surface area contributed by atoms with Gasteiger partial charge in [0.2, 0.25) is 0 Å². The van der Waals surface area contributed by atoms with E-state index in [1.807, 2.05) is 18.2 Å². The summed E-state index contributed by atoms with van der Waals surface area (Å²) in [7, 11) is 3.25. The molecule has 1 unspecified atom stereocenters. The van der Waals surface area contributed by atoms with Crippen LogP contribution in [0.1, 0.15) is 18.0 Å². The van der Waals surface area contributed by atoms with E-state index in [0.717, 1.165) is 23.5 Å². The summed E-state index contributed by atoms with van der Waals surface area (Å²) in [5, 5.41) is 0. The standard InChI is InChI=1S/C12H17NO2/c1-4-5-11(13)10-7-6-9(14-2)8-12(10)15-3/h4,6-8,11H,1,5,13H2,2-3H3. The number of nitrogens with two attached hydrogens (primary N) is 1. The van der Waals surface area contributed by atoms with Crippen molar-refractivity contribution in [3.05, 3.63) is 36.4 Å². The molecule has 3 heteroatoms. The van der Waals surface area contributed by atoms with E-state index < -0.39 is 0 Å². The number of methoxy groups -OCH3 is 2. The van der Waals surface area contributed by atoms with Crippen LogP contribution in [0.4, 0.5) is 0 Å². The summed E-state index contributed by atoms with van der Waals surface area (Å²) in [5.41, 5.74) is 6.95. The van der Waals surface area contributed by atoms with Crippen molar-refractivity contribution in [3.63, 3.8) is 0 Å². The summed E-state index contributed by atoms with van der Waals surface area (Å²) in [6.07, 6.45) is 2.52. The Hall–Kier alpha value is -1.48. The fourth-order valence-electron chi connectivity index (χ4n) is 1.43. The van der Waals surface area contributed by atoms with E-state index in [4.69, 9.17) is 15.2 Å². The molecule has 1 aromatic rings. The third kappa shape index (κ3) is 2.73. The lowest BCUT2D eigenvalue weighted by molar-refractivity contribution is 0.388. The first-order valence-corrected chi connectivity index (χ1v) is 4.81. The number of hydrogen-bond donors (Lipinski definition) is 1. The van der Waals surface area contributed by atoms with Crippen molar-refractivity contribution in [1.82, 2.24) is 0 Å². The van der Waals surface area contributed by atoms with Gasteiger partial charge in [-0.2, -0.15) is 0 Å². The molecule has 3 nitrogen and oxygen atoms in total. The maximum Gasteiger partial charge on any atom is 0.127 e. The third-order valence-corrected chi connectivity index (χ3v) is 2.26. The summed E-state index contributed by atoms with van der Waals surface area (Å²) in [6.45, 7) is 3.67. The van der Waals surface area contributed by atoms with Gasteiger partial charge < -0.3 is 15.2 Å². The second-order valence-electron chi connectivity index (χ2n) is 3.24. The zero-order valence-electron chi connectivity index (χ0n) is 9.19. The molecule has 0 heterocycles. The van der Waals surface area contributed by atoms with Crippen LogP contribution in [0.2, 0.25) is 0 Å². The summed E-state index contributed by atoms with van der Waals surface area (Å²) >= 11 is 0. The second-order valence-corrected chi connectivity index (χ2v) is 3.24. The van der Waals surface area contributed by atoms with Crippen LogP contribution < -0.4 is 15.2 Å². The predicted molar refractivity (Wildman–Crippen MR) is 61.3 cm³/mol. The van der Waals surface area contributed by atoms with Crippen molar-refractivity contribution in [2.24, 2.45) is 5.73 Å². The molecular weight excluding hydrogens is 190 g/mol. The topological polar surface area (TPSA) is 44.5 Å². The number of hydrogen-bond acceptors (Lipinski definition) is 3. The second kappa shape index (κ2) is 5.41. The van der Waals surface area contributed by atoms with E-state index in [9.17, 15) is 0 Å². The molecule has 0 aliphatic rings. The van der Waals surface area contributed by atoms with Crippen LogP contribution in [0.5, 0.6) is 11.5 Å². The largest absolute Gasteiger partial charge is 0.497 e. The summed E-state index contributed by atoms with van der Waals surface area (Å²) in [5.74, 6) is 1.52. The van der Waals surface area contributed by atoms with Crippen molar-refractivity contribution in [2.75, 3.05) is 14.2 Å². The minimum atomic E-state index is -0.0802. The van der Waals surface area contributed by atoms with Crippen molar-refractivity contribution in [3.8, 4) is 11.5 Å². The summed E-state index contributed by atoms with van der Waals surface area (Å²) < 4.78 is 10.4. The van der Waals surface area contributed by atoms with E-state index in [0.29, 0.717) is 0 Å². The molecule has 0 amide bonds. The van der Waals surface area contributed by atoms with E-state index in [2.05, 4.69) is 6.58 Å². The summed E-state index contributed by atoms with van der Waals surface area (Å²) in [4.78, 5) is 0. The Bertz CT molecular complexity index is 336. The fourth-order valence-corrected chi connectivity index (χ4v) is 1.43. The first-order chi connectivity index (χ1) is 7.22. The van der Waals surface area contributed by atoms with Crippen molar-refractivity contribution in [2.45, 2.75) is 12.5 Å². The highest BCUT2D eigenvalue weighted by atomic mass is 16.5. The maximum absolute atomic E-state index is 5.98. The van der Waals surface area contributed by atoms with Gasteiger partial charge in [0.1, 0.15) is 11.5 Å². The van der Waals surface area contributed by atoms with E-state index in [1.54, 1.807) is 20.3 Å². The molecule has 1 aromatic carbocycles. The SMILES string of the molecule is C=CCC(N)c1ccc(OC)cc1OC. The third-order valence-electron chi connectivity index (χ3n) is 2.26. The van der Waals surface area contributed by atoms with Gasteiger partial charge in [0.25, 0.3) is 0 Å². The quantitative estimate of drug-likeness (QED) is 0.753. The number of ether oxygens (including phenoxy) is 2. The lowest BCUT2D eigenvalue weighted by Gasteiger charge is -2.15. The Morgan fingerprint density at radius 1 is 1.40 bits per heavy atom. The molecule has 0 aliphatic carbocycles. The van der Waals surface area contributed by atoms with Crippen molar-refractivity contribution >= 4 is 0 Å². The van der Waals surface area contributed by atoms with Gasteiger partial charge in [0.15, 0.2) is 0 Å². The molecule has 0 saturated heterocycles. The lowest BCUT2D eigenvalue weighted by Crippen LogP contribution is -2.10. The molecule has 1 rings (SSSR count). The molecule has 0 spiro atoms. The van der Waals surface area contributed by atoms with Gasteiger partial charge in [0.05, 0.1) is 14.2 Å². The highest BCUT2D eigenvalue weighted by Crippen LogP contribution is 2.29. The summed E-state index contributed by atoms with van der Waals surface area (Å²) in [6, 6.07) is 5.55. The monoisotopic (exact) mass is 207 g/mol. The first-order valence-electron chi connectivity index (χ1n) is 4.81. The van der Waals surface area contributed by atoms with Gasteiger partial charge in [-0.15, -0.1) is 6.58 Å². The molecular formula is C12H17NO2. The Kier molecular flexibility index (Phi) is 4.18. The van der Waals surface area contributed by atoms with Gasteiger partial charge in [-0.25, -0.2) is 0 Å². The van der Waals surface area contributed by atoms with Gasteiger partial charge in [-0.05, 0) is 12.5 Å². The van der Waals surface area contributed by atoms with Gasteiger partial charge in [0, 0.05) is 17.7 Å². The average Bonchev–Trinajstić information content (AvgIpc) is 2.28. The lowest BCUT2D eigenvalue weighted by atomic mass is 10.0. The Morgan fingerprint density at radius 3 is 2.67 bits per heavy atom. The normalized spacial score (nSPS) is 11.9. The minimum absolute atomic E-state index is 0.0802. The van der Waals surface area contributed by atoms with Crippen molar-refractivity contribution in [1.29, 1.82) is 0 Å². The molecule has 0 aliphatic heterocycles. The Labute approximate surface area is 90.5 Å². The van der Waals surface area contributed by atoms with Crippen LogP contribution in [0.3, 0.4) is 0 Å². The van der Waals surface area contributed by atoms with Gasteiger partial charge >= 0.3 is 0 Å². The van der Waals surface area contributed by atoms with Gasteiger partial charge in [-0.3, -0.25) is 0 Å². The van der Waals surface area contributed by atoms with Crippen LogP contribution in [-0.2, 0) is 0 Å². The highest BCUT2D eigenvalue weighted by Gasteiger charge is 2.11. The molecule has 1 atom stereocenters. The zero-order valence-corrected chi connectivity index (χ0v) is 9.19. The highest BCUT2D eigenvalue weighted by molar-refractivity contribution is 5.42. The van der Waals surface area contributed by atoms with E-state index >= 15 is 0 Å². The zero-order chi connectivity index (χ0) is 11.3. The molecule has 0 bridgehead atoms. The molecule has 0 radical (unpaired) electrons. The van der Waals surface area contributed by atoms with Crippen LogP contribution in [0.25, 0.3) is 0 Å². The average molecular weight is 207 g/mol. The van der Waals surface area contributed by atoms with Crippen LogP contribution in [0, 0.1) is 0 Å². The van der Waals surface area contributed by atoms with Crippen molar-refractivity contribution < 1.29 is 9.47 Å². The molecule has 2 N–H and O–H groups in total. The van der Waals surface area contributed by atoms with Crippen LogP contribution in [0.15, 0.2) is 30.9 Å². The Balaban J connectivity index is 3.01. The molecule has 0 aromatic heterocycles. The first kappa shape index (κ1) is 11.6. The molecule has 0 saturated carbocycles. The minimum Gasteiger partial charge on any atom is -0.497 e.